The Morgan fingerprint density at radius 1 is 1.36 bits per heavy atom. The first-order chi connectivity index (χ1) is 5.38. The van der Waals surface area contributed by atoms with Gasteiger partial charge in [0.15, 0.2) is 5.78 Å². The van der Waals surface area contributed by atoms with Crippen molar-refractivity contribution in [1.29, 1.82) is 0 Å². The average Bonchev–Trinajstić information content (AvgIpc) is 2.25. The summed E-state index contributed by atoms with van der Waals surface area (Å²) in [7, 11) is 0. The molecule has 2 aliphatic rings. The van der Waals surface area contributed by atoms with E-state index in [9.17, 15) is 4.79 Å². The van der Waals surface area contributed by atoms with Crippen LogP contribution in [0.3, 0.4) is 0 Å². The van der Waals surface area contributed by atoms with Crippen molar-refractivity contribution in [3.8, 4) is 0 Å². The van der Waals surface area contributed by atoms with Gasteiger partial charge in [0, 0.05) is 18.5 Å². The Morgan fingerprint density at radius 2 is 2.27 bits per heavy atom. The lowest BCUT2D eigenvalue weighted by molar-refractivity contribution is -0.114. The molecule has 0 N–H and O–H groups in total. The Hall–Kier alpha value is -0.960. The molecule has 2 rings (SSSR count). The van der Waals surface area contributed by atoms with Crippen molar-refractivity contribution < 1.29 is 4.79 Å². The quantitative estimate of drug-likeness (QED) is 0.542. The summed E-state index contributed by atoms with van der Waals surface area (Å²) in [6, 6.07) is 0. The highest BCUT2D eigenvalue weighted by molar-refractivity contribution is 8.03. The molecular formula is C8H7NOS. The van der Waals surface area contributed by atoms with Gasteiger partial charge in [0.1, 0.15) is 5.37 Å². The number of hydrogen-bond donors (Lipinski definition) is 0. The summed E-state index contributed by atoms with van der Waals surface area (Å²) in [5, 5.41) is 1.89. The number of nitrogens with zero attached hydrogens (tertiary/aromatic N) is 1. The molecule has 3 heteroatoms. The van der Waals surface area contributed by atoms with Crippen LogP contribution in [0.25, 0.3) is 0 Å². The van der Waals surface area contributed by atoms with Crippen LogP contribution in [0.15, 0.2) is 36.0 Å². The van der Waals surface area contributed by atoms with E-state index < -0.39 is 0 Å². The average molecular weight is 165 g/mol. The summed E-state index contributed by atoms with van der Waals surface area (Å²) < 4.78 is 0. The Labute approximate surface area is 69.3 Å². The third-order valence-electron chi connectivity index (χ3n) is 1.58. The minimum Gasteiger partial charge on any atom is -0.334 e. The molecule has 0 aromatic heterocycles. The van der Waals surface area contributed by atoms with Gasteiger partial charge in [0.2, 0.25) is 0 Å². The Morgan fingerprint density at radius 3 is 3.18 bits per heavy atom. The molecule has 0 aliphatic carbocycles. The molecule has 1 atom stereocenters. The van der Waals surface area contributed by atoms with Crippen LogP contribution in [0.5, 0.6) is 0 Å². The smallest absolute Gasteiger partial charge is 0.190 e. The number of carbonyl (C=O) groups excluding carboxylic acids is 1. The lowest BCUT2D eigenvalue weighted by Crippen LogP contribution is -2.23. The Balaban J connectivity index is 2.27. The molecule has 0 fully saturated rings. The van der Waals surface area contributed by atoms with E-state index in [1.165, 1.54) is 11.8 Å². The molecule has 0 spiro atoms. The van der Waals surface area contributed by atoms with E-state index in [-0.39, 0.29) is 11.2 Å². The fourth-order valence-corrected chi connectivity index (χ4v) is 1.87. The topological polar surface area (TPSA) is 20.3 Å². The van der Waals surface area contributed by atoms with E-state index >= 15 is 0 Å². The monoisotopic (exact) mass is 165 g/mol. The molecule has 0 bridgehead atoms. The second-order valence-electron chi connectivity index (χ2n) is 2.32. The first kappa shape index (κ1) is 6.73. The number of hydrogen-bond acceptors (Lipinski definition) is 3. The van der Waals surface area contributed by atoms with Crippen LogP contribution in [-0.2, 0) is 4.79 Å². The standard InChI is InChI=1S/C8H7NOS/c10-7-3-5-9-4-1-2-6-11-8(7)9/h1-6,8H. The molecule has 2 heterocycles. The van der Waals surface area contributed by atoms with Crippen LogP contribution in [0.1, 0.15) is 0 Å². The first-order valence-corrected chi connectivity index (χ1v) is 4.30. The van der Waals surface area contributed by atoms with E-state index in [0.717, 1.165) is 0 Å². The molecule has 11 heavy (non-hydrogen) atoms. The third-order valence-corrected chi connectivity index (χ3v) is 2.63. The summed E-state index contributed by atoms with van der Waals surface area (Å²) in [5.74, 6) is 0.172. The zero-order valence-electron chi connectivity index (χ0n) is 5.81. The molecule has 1 unspecified atom stereocenters. The van der Waals surface area contributed by atoms with Gasteiger partial charge in [0.25, 0.3) is 0 Å². The summed E-state index contributed by atoms with van der Waals surface area (Å²) >= 11 is 1.53. The van der Waals surface area contributed by atoms with Crippen LogP contribution in [0.4, 0.5) is 0 Å². The van der Waals surface area contributed by atoms with E-state index in [2.05, 4.69) is 0 Å². The normalized spacial score (nSPS) is 27.5. The summed E-state index contributed by atoms with van der Waals surface area (Å²) in [6.07, 6.45) is 9.19. The third kappa shape index (κ3) is 1.12. The summed E-state index contributed by atoms with van der Waals surface area (Å²) in [5.41, 5.74) is 0. The van der Waals surface area contributed by atoms with E-state index in [1.54, 1.807) is 6.08 Å². The van der Waals surface area contributed by atoms with Gasteiger partial charge in [-0.3, -0.25) is 4.79 Å². The highest BCUT2D eigenvalue weighted by atomic mass is 32.2. The number of thioether (sulfide) groups is 1. The number of allylic oxidation sites excluding steroid dienone is 2. The fourth-order valence-electron chi connectivity index (χ4n) is 1.05. The van der Waals surface area contributed by atoms with Crippen molar-refractivity contribution in [3.05, 3.63) is 36.0 Å². The molecule has 2 aliphatic heterocycles. The van der Waals surface area contributed by atoms with Gasteiger partial charge in [-0.05, 0) is 11.5 Å². The molecule has 0 aromatic carbocycles. The second-order valence-corrected chi connectivity index (χ2v) is 3.31. The predicted molar refractivity (Wildman–Crippen MR) is 45.6 cm³/mol. The highest BCUT2D eigenvalue weighted by Gasteiger charge is 2.25. The maximum Gasteiger partial charge on any atom is 0.190 e. The Bertz CT molecular complexity index is 267. The van der Waals surface area contributed by atoms with Crippen molar-refractivity contribution in [1.82, 2.24) is 4.90 Å². The zero-order valence-corrected chi connectivity index (χ0v) is 6.62. The van der Waals surface area contributed by atoms with Crippen molar-refractivity contribution in [2.75, 3.05) is 0 Å². The van der Waals surface area contributed by atoms with Gasteiger partial charge in [-0.15, -0.1) is 11.8 Å². The zero-order chi connectivity index (χ0) is 7.68. The van der Waals surface area contributed by atoms with Crippen LogP contribution < -0.4 is 0 Å². The molecule has 0 radical (unpaired) electrons. The number of rotatable bonds is 0. The van der Waals surface area contributed by atoms with E-state index in [1.807, 2.05) is 34.9 Å². The number of carbonyl (C=O) groups is 1. The van der Waals surface area contributed by atoms with Crippen LogP contribution in [0.2, 0.25) is 0 Å². The van der Waals surface area contributed by atoms with Gasteiger partial charge in [-0.25, -0.2) is 0 Å². The maximum absolute atomic E-state index is 11.1. The van der Waals surface area contributed by atoms with Gasteiger partial charge in [-0.1, -0.05) is 6.08 Å². The molecule has 0 aromatic rings. The molecule has 0 saturated carbocycles. The fraction of sp³-hybridized carbons (Fsp3) is 0.125. The minimum absolute atomic E-state index is 0.0509. The Kier molecular flexibility index (Phi) is 1.58. The van der Waals surface area contributed by atoms with Crippen LogP contribution >= 0.6 is 11.8 Å². The van der Waals surface area contributed by atoms with Crippen LogP contribution in [0, 0.1) is 0 Å². The first-order valence-electron chi connectivity index (χ1n) is 3.36. The van der Waals surface area contributed by atoms with Gasteiger partial charge in [0.05, 0.1) is 0 Å². The lowest BCUT2D eigenvalue weighted by Gasteiger charge is -2.16. The number of ketones is 1. The largest absolute Gasteiger partial charge is 0.334 e. The van der Waals surface area contributed by atoms with Gasteiger partial charge in [-0.2, -0.15) is 0 Å². The molecule has 56 valence electrons. The van der Waals surface area contributed by atoms with Crippen molar-refractivity contribution in [2.45, 2.75) is 5.37 Å². The molecule has 2 nitrogen and oxygen atoms in total. The van der Waals surface area contributed by atoms with Crippen LogP contribution in [-0.4, -0.2) is 16.1 Å². The van der Waals surface area contributed by atoms with Gasteiger partial charge < -0.3 is 4.90 Å². The molecular weight excluding hydrogens is 158 g/mol. The van der Waals surface area contributed by atoms with Crippen molar-refractivity contribution >= 4 is 17.5 Å². The summed E-state index contributed by atoms with van der Waals surface area (Å²) in [4.78, 5) is 13.1. The second kappa shape index (κ2) is 2.58. The molecule has 0 saturated heterocycles. The predicted octanol–water partition coefficient (Wildman–Crippen LogP) is 1.49. The van der Waals surface area contributed by atoms with E-state index in [4.69, 9.17) is 0 Å². The van der Waals surface area contributed by atoms with Gasteiger partial charge >= 0.3 is 0 Å². The molecule has 0 amide bonds. The minimum atomic E-state index is -0.0509. The van der Waals surface area contributed by atoms with Crippen molar-refractivity contribution in [3.63, 3.8) is 0 Å². The SMILES string of the molecule is O=C1C=CN2C=CC=CSC12. The lowest BCUT2D eigenvalue weighted by atomic mass is 10.4. The van der Waals surface area contributed by atoms with Crippen molar-refractivity contribution in [2.24, 2.45) is 0 Å². The maximum atomic E-state index is 11.1. The summed E-state index contributed by atoms with van der Waals surface area (Å²) in [6.45, 7) is 0. The highest BCUT2D eigenvalue weighted by Crippen LogP contribution is 2.25. The number of fused-ring (bicyclic) bond motifs is 1. The van der Waals surface area contributed by atoms with E-state index in [0.29, 0.717) is 0 Å².